The van der Waals surface area contributed by atoms with Gasteiger partial charge in [-0.25, -0.2) is 0 Å². The number of hydrogen-bond acceptors (Lipinski definition) is 3. The Kier molecular flexibility index (Phi) is 2.51. The molecule has 0 unspecified atom stereocenters. The minimum absolute atomic E-state index is 0.123. The smallest absolute Gasteiger partial charge is 0.328 e. The molecule has 0 spiro atoms. The molecular weight excluding hydrogens is 197 g/mol. The number of rotatable bonds is 2. The fourth-order valence-corrected chi connectivity index (χ4v) is 2.56. The number of carbonyl (C=O) groups is 1. The van der Waals surface area contributed by atoms with Crippen LogP contribution in [0.25, 0.3) is 0 Å². The predicted molar refractivity (Wildman–Crippen MR) is 44.2 cm³/mol. The Bertz CT molecular complexity index is 274. The number of aliphatic carboxylic acids is 1. The van der Waals surface area contributed by atoms with E-state index in [1.54, 1.807) is 0 Å². The molecule has 13 heavy (non-hydrogen) atoms. The lowest BCUT2D eigenvalue weighted by Gasteiger charge is -2.18. The van der Waals surface area contributed by atoms with Crippen molar-refractivity contribution in [3.05, 3.63) is 0 Å². The van der Waals surface area contributed by atoms with Crippen molar-refractivity contribution < 1.29 is 24.3 Å². The molecule has 2 atom stereocenters. The van der Waals surface area contributed by atoms with E-state index in [1.807, 2.05) is 0 Å². The van der Waals surface area contributed by atoms with Crippen LogP contribution < -0.4 is 5.73 Å². The van der Waals surface area contributed by atoms with Gasteiger partial charge in [0.25, 0.3) is 0 Å². The van der Waals surface area contributed by atoms with Crippen LogP contribution in [0.1, 0.15) is 19.3 Å². The molecule has 0 radical (unpaired) electrons. The molecule has 1 aliphatic rings. The standard InChI is InChI=1S/C6H12NO5P/c7-6(5(8)9)2-1-4(3-6)13(10,11)12/h4H,1-3,7H2,(H,8,9)(H2,10,11,12)/t4-,6+/m0/s1. The monoisotopic (exact) mass is 209 g/mol. The third kappa shape index (κ3) is 2.08. The van der Waals surface area contributed by atoms with Gasteiger partial charge in [-0.1, -0.05) is 0 Å². The van der Waals surface area contributed by atoms with Crippen LogP contribution >= 0.6 is 7.60 Å². The second-order valence-electron chi connectivity index (χ2n) is 3.45. The molecule has 0 aromatic carbocycles. The molecule has 1 rings (SSSR count). The van der Waals surface area contributed by atoms with Crippen LogP contribution in [0, 0.1) is 0 Å². The largest absolute Gasteiger partial charge is 0.480 e. The van der Waals surface area contributed by atoms with Gasteiger partial charge in [-0.3, -0.25) is 9.36 Å². The van der Waals surface area contributed by atoms with Gasteiger partial charge < -0.3 is 20.6 Å². The van der Waals surface area contributed by atoms with Gasteiger partial charge in [-0.05, 0) is 19.3 Å². The summed E-state index contributed by atoms with van der Waals surface area (Å²) in [6.45, 7) is 0. The highest BCUT2D eigenvalue weighted by molar-refractivity contribution is 7.52. The van der Waals surface area contributed by atoms with E-state index in [9.17, 15) is 9.36 Å². The van der Waals surface area contributed by atoms with E-state index >= 15 is 0 Å². The summed E-state index contributed by atoms with van der Waals surface area (Å²) in [6.07, 6.45) is 0.151. The second kappa shape index (κ2) is 3.06. The molecule has 0 aliphatic heterocycles. The molecule has 0 aromatic rings. The van der Waals surface area contributed by atoms with Crippen LogP contribution in [0.5, 0.6) is 0 Å². The highest BCUT2D eigenvalue weighted by Crippen LogP contribution is 2.51. The predicted octanol–water partition coefficient (Wildman–Crippen LogP) is -0.501. The molecule has 0 bridgehead atoms. The van der Waals surface area contributed by atoms with Crippen LogP contribution in [0.2, 0.25) is 0 Å². The zero-order valence-corrected chi connectivity index (χ0v) is 7.78. The van der Waals surface area contributed by atoms with Crippen LogP contribution in [0.4, 0.5) is 0 Å². The van der Waals surface area contributed by atoms with Crippen molar-refractivity contribution in [2.75, 3.05) is 0 Å². The quantitative estimate of drug-likeness (QED) is 0.455. The molecule has 6 nitrogen and oxygen atoms in total. The first-order valence-corrected chi connectivity index (χ1v) is 5.51. The van der Waals surface area contributed by atoms with E-state index in [0.29, 0.717) is 0 Å². The van der Waals surface area contributed by atoms with E-state index < -0.39 is 24.8 Å². The summed E-state index contributed by atoms with van der Waals surface area (Å²) < 4.78 is 10.8. The fourth-order valence-electron chi connectivity index (χ4n) is 1.53. The van der Waals surface area contributed by atoms with Gasteiger partial charge in [0, 0.05) is 0 Å². The van der Waals surface area contributed by atoms with Gasteiger partial charge in [0.15, 0.2) is 0 Å². The van der Waals surface area contributed by atoms with E-state index in [2.05, 4.69) is 0 Å². The van der Waals surface area contributed by atoms with E-state index in [1.165, 1.54) is 0 Å². The molecule has 1 fully saturated rings. The third-order valence-electron chi connectivity index (χ3n) is 2.43. The minimum Gasteiger partial charge on any atom is -0.480 e. The summed E-state index contributed by atoms with van der Waals surface area (Å²) in [5, 5.41) is 8.68. The topological polar surface area (TPSA) is 121 Å². The van der Waals surface area contributed by atoms with Crippen molar-refractivity contribution in [2.24, 2.45) is 5.73 Å². The van der Waals surface area contributed by atoms with Crippen LogP contribution in [0.15, 0.2) is 0 Å². The average Bonchev–Trinajstić information content (AvgIpc) is 2.31. The third-order valence-corrected chi connectivity index (χ3v) is 3.82. The lowest BCUT2D eigenvalue weighted by molar-refractivity contribution is -0.143. The normalized spacial score (nSPS) is 34.8. The van der Waals surface area contributed by atoms with E-state index in [0.717, 1.165) is 0 Å². The molecule has 1 aliphatic carbocycles. The molecule has 5 N–H and O–H groups in total. The first-order valence-electron chi connectivity index (χ1n) is 3.83. The Labute approximate surface area is 74.9 Å². The zero-order chi connectivity index (χ0) is 10.3. The lowest BCUT2D eigenvalue weighted by atomic mass is 10.0. The Morgan fingerprint density at radius 1 is 1.54 bits per heavy atom. The number of hydrogen-bond donors (Lipinski definition) is 4. The van der Waals surface area contributed by atoms with Crippen molar-refractivity contribution >= 4 is 13.6 Å². The van der Waals surface area contributed by atoms with Gasteiger partial charge >= 0.3 is 13.6 Å². The Morgan fingerprint density at radius 2 is 2.08 bits per heavy atom. The fraction of sp³-hybridized carbons (Fsp3) is 0.833. The first-order chi connectivity index (χ1) is 5.76. The van der Waals surface area contributed by atoms with Gasteiger partial charge in [-0.2, -0.15) is 0 Å². The molecular formula is C6H12NO5P. The molecule has 1 saturated carbocycles. The molecule has 7 heteroatoms. The summed E-state index contributed by atoms with van der Waals surface area (Å²) in [7, 11) is -4.18. The molecule has 0 saturated heterocycles. The maximum atomic E-state index is 10.8. The van der Waals surface area contributed by atoms with E-state index in [4.69, 9.17) is 20.6 Å². The van der Waals surface area contributed by atoms with Gasteiger partial charge in [0.2, 0.25) is 0 Å². The molecule has 0 amide bonds. The Balaban J connectivity index is 2.75. The number of nitrogens with two attached hydrogens (primary N) is 1. The van der Waals surface area contributed by atoms with Crippen molar-refractivity contribution in [3.63, 3.8) is 0 Å². The summed E-state index contributed by atoms with van der Waals surface area (Å²) in [4.78, 5) is 28.2. The van der Waals surface area contributed by atoms with Gasteiger partial charge in [0.05, 0.1) is 5.66 Å². The zero-order valence-electron chi connectivity index (χ0n) is 6.88. The number of carboxylic acid groups (broad SMARTS) is 1. The van der Waals surface area contributed by atoms with Crippen molar-refractivity contribution in [1.82, 2.24) is 0 Å². The second-order valence-corrected chi connectivity index (χ2v) is 5.36. The van der Waals surface area contributed by atoms with Crippen molar-refractivity contribution in [3.8, 4) is 0 Å². The maximum Gasteiger partial charge on any atom is 0.328 e. The van der Waals surface area contributed by atoms with Gasteiger partial charge in [0.1, 0.15) is 5.54 Å². The molecule has 76 valence electrons. The van der Waals surface area contributed by atoms with Gasteiger partial charge in [-0.15, -0.1) is 0 Å². The molecule has 0 heterocycles. The highest BCUT2D eigenvalue weighted by atomic mass is 31.2. The summed E-state index contributed by atoms with van der Waals surface area (Å²) in [5.74, 6) is -1.19. The minimum atomic E-state index is -4.18. The first kappa shape index (κ1) is 10.7. The average molecular weight is 209 g/mol. The van der Waals surface area contributed by atoms with E-state index in [-0.39, 0.29) is 19.3 Å². The summed E-state index contributed by atoms with van der Waals surface area (Å²) in [5.41, 5.74) is 3.10. The SMILES string of the molecule is N[C@]1(C(=O)O)CC[C@H](P(=O)(O)O)C1. The number of carboxylic acids is 1. The van der Waals surface area contributed by atoms with Crippen LogP contribution in [0.3, 0.4) is 0 Å². The van der Waals surface area contributed by atoms with Crippen molar-refractivity contribution in [1.29, 1.82) is 0 Å². The van der Waals surface area contributed by atoms with Crippen LogP contribution in [-0.4, -0.2) is 32.1 Å². The highest BCUT2D eigenvalue weighted by Gasteiger charge is 2.47. The lowest BCUT2D eigenvalue weighted by Crippen LogP contribution is -2.45. The summed E-state index contributed by atoms with van der Waals surface area (Å²) in [6, 6.07) is 0. The molecule has 0 aromatic heterocycles. The van der Waals surface area contributed by atoms with Crippen LogP contribution in [-0.2, 0) is 9.36 Å². The van der Waals surface area contributed by atoms with Crippen molar-refractivity contribution in [2.45, 2.75) is 30.5 Å². The Hall–Kier alpha value is -0.420. The Morgan fingerprint density at radius 3 is 2.31 bits per heavy atom. The maximum absolute atomic E-state index is 10.8. The summed E-state index contributed by atoms with van der Waals surface area (Å²) >= 11 is 0.